The van der Waals surface area contributed by atoms with Crippen LogP contribution >= 0.6 is 0 Å². The van der Waals surface area contributed by atoms with Gasteiger partial charge in [0.15, 0.2) is 11.4 Å². The molecule has 0 bridgehead atoms. The van der Waals surface area contributed by atoms with E-state index in [0.717, 1.165) is 0 Å². The first-order valence-electron chi connectivity index (χ1n) is 10.1. The molecular formula is C22H24N2O9. The zero-order valence-electron chi connectivity index (χ0n) is 18.0. The molecule has 1 aromatic rings. The summed E-state index contributed by atoms with van der Waals surface area (Å²) >= 11 is 0. The Morgan fingerprint density at radius 1 is 1.12 bits per heavy atom. The predicted molar refractivity (Wildman–Crippen MR) is 112 cm³/mol. The van der Waals surface area contributed by atoms with E-state index < -0.39 is 81.1 Å². The Labute approximate surface area is 187 Å². The van der Waals surface area contributed by atoms with E-state index in [9.17, 15) is 45.0 Å². The number of carbonyl (C=O) groups excluding carboxylic acids is 3. The van der Waals surface area contributed by atoms with Crippen molar-refractivity contribution >= 4 is 23.2 Å². The highest BCUT2D eigenvalue weighted by Gasteiger charge is 2.70. The number of primary amides is 1. The van der Waals surface area contributed by atoms with Gasteiger partial charge in [0.25, 0.3) is 5.91 Å². The number of phenolic OH excluding ortho intramolecular Hbond substituents is 1. The smallest absolute Gasteiger partial charge is 0.255 e. The maximum Gasteiger partial charge on any atom is 0.255 e. The van der Waals surface area contributed by atoms with Crippen molar-refractivity contribution in [2.75, 3.05) is 14.1 Å². The van der Waals surface area contributed by atoms with E-state index in [1.165, 1.54) is 44.1 Å². The second kappa shape index (κ2) is 6.87. The van der Waals surface area contributed by atoms with Gasteiger partial charge in [-0.05, 0) is 32.6 Å². The van der Waals surface area contributed by atoms with Crippen LogP contribution in [0.3, 0.4) is 0 Å². The Kier molecular flexibility index (Phi) is 4.78. The topological polar surface area (TPSA) is 202 Å². The molecule has 3 aliphatic carbocycles. The van der Waals surface area contributed by atoms with Crippen molar-refractivity contribution in [1.82, 2.24) is 4.90 Å². The van der Waals surface area contributed by atoms with Gasteiger partial charge in [0.1, 0.15) is 22.8 Å². The zero-order valence-corrected chi connectivity index (χ0v) is 18.0. The van der Waals surface area contributed by atoms with Gasteiger partial charge in [-0.3, -0.25) is 19.3 Å². The summed E-state index contributed by atoms with van der Waals surface area (Å²) in [6.07, 6.45) is -1.87. The number of benzene rings is 1. The molecule has 0 spiro atoms. The van der Waals surface area contributed by atoms with Gasteiger partial charge in [-0.15, -0.1) is 0 Å². The van der Waals surface area contributed by atoms with Gasteiger partial charge in [0.05, 0.1) is 40.7 Å². The molecule has 0 aliphatic heterocycles. The number of aromatic hydroxyl groups is 1. The third-order valence-corrected chi connectivity index (χ3v) is 7.03. The molecule has 11 nitrogen and oxygen atoms in total. The zero-order chi connectivity index (χ0) is 24.8. The summed E-state index contributed by atoms with van der Waals surface area (Å²) in [5.41, 5.74) is -1.78. The third-order valence-electron chi connectivity index (χ3n) is 7.03. The largest absolute Gasteiger partial charge is 0.508 e. The molecule has 1 saturated carbocycles. The number of nitrogens with zero attached hydrogens (tertiary/aromatic N) is 1. The first-order chi connectivity index (χ1) is 15.2. The first-order valence-corrected chi connectivity index (χ1v) is 10.1. The van der Waals surface area contributed by atoms with Gasteiger partial charge in [-0.25, -0.2) is 0 Å². The van der Waals surface area contributed by atoms with E-state index in [-0.39, 0.29) is 11.1 Å². The van der Waals surface area contributed by atoms with Crippen molar-refractivity contribution in [3.05, 3.63) is 46.2 Å². The standard InChI is InChI=1S/C22H24N2O9/c1-21(32)7-5-4-6-8(25)9(7)15(26)10-12(21)17(28)13-14(24(2)3)16(27)11(20(23)31)19(30)22(13,33)18(10)29/h4-6,12-14,17,25-26,28,30,32-33H,1-3H3,(H2,23,31)/t12-,13-,14+,17+,21-,22-/m1/s1. The van der Waals surface area contributed by atoms with E-state index >= 15 is 0 Å². The molecule has 176 valence electrons. The van der Waals surface area contributed by atoms with Gasteiger partial charge >= 0.3 is 0 Å². The molecule has 6 atom stereocenters. The van der Waals surface area contributed by atoms with Crippen LogP contribution in [-0.2, 0) is 20.0 Å². The van der Waals surface area contributed by atoms with Crippen LogP contribution in [0.5, 0.6) is 5.75 Å². The number of hydrogen-bond acceptors (Lipinski definition) is 10. The number of ketones is 2. The molecule has 0 heterocycles. The van der Waals surface area contributed by atoms with Crippen LogP contribution < -0.4 is 5.73 Å². The van der Waals surface area contributed by atoms with E-state index in [4.69, 9.17) is 5.73 Å². The number of fused-ring (bicyclic) bond motifs is 3. The number of rotatable bonds is 2. The summed E-state index contributed by atoms with van der Waals surface area (Å²) < 4.78 is 0. The van der Waals surface area contributed by atoms with Crippen molar-refractivity contribution in [2.45, 2.75) is 30.3 Å². The minimum absolute atomic E-state index is 0.00664. The second-order valence-corrected chi connectivity index (χ2v) is 9.06. The molecule has 0 unspecified atom stereocenters. The van der Waals surface area contributed by atoms with Gasteiger partial charge in [-0.2, -0.15) is 0 Å². The Bertz CT molecular complexity index is 1180. The van der Waals surface area contributed by atoms with Crippen LogP contribution in [-0.4, -0.2) is 84.9 Å². The summed E-state index contributed by atoms with van der Waals surface area (Å²) in [6, 6.07) is 2.50. The average molecular weight is 460 g/mol. The Hall–Kier alpha value is -3.25. The van der Waals surface area contributed by atoms with E-state index in [2.05, 4.69) is 0 Å². The van der Waals surface area contributed by atoms with E-state index in [1.54, 1.807) is 0 Å². The molecule has 0 aromatic heterocycles. The fraction of sp³-hybridized carbons (Fsp3) is 0.409. The molecule has 11 heteroatoms. The number of phenols is 1. The van der Waals surface area contributed by atoms with Crippen molar-refractivity contribution in [3.63, 3.8) is 0 Å². The Morgan fingerprint density at radius 3 is 2.27 bits per heavy atom. The highest BCUT2D eigenvalue weighted by molar-refractivity contribution is 6.24. The molecule has 0 saturated heterocycles. The summed E-state index contributed by atoms with van der Waals surface area (Å²) in [5.74, 6) is -9.67. The summed E-state index contributed by atoms with van der Waals surface area (Å²) in [6.45, 7) is 1.25. The van der Waals surface area contributed by atoms with Crippen molar-refractivity contribution in [3.8, 4) is 5.75 Å². The Morgan fingerprint density at radius 2 is 1.73 bits per heavy atom. The van der Waals surface area contributed by atoms with Crippen LogP contribution in [0.25, 0.3) is 5.76 Å². The van der Waals surface area contributed by atoms with Crippen LogP contribution in [0, 0.1) is 11.8 Å². The molecule has 1 fully saturated rings. The minimum Gasteiger partial charge on any atom is -0.508 e. The lowest BCUT2D eigenvalue weighted by Crippen LogP contribution is -2.71. The monoisotopic (exact) mass is 460 g/mol. The summed E-state index contributed by atoms with van der Waals surface area (Å²) in [4.78, 5) is 39.9. The van der Waals surface area contributed by atoms with Gasteiger partial charge in [0.2, 0.25) is 5.78 Å². The molecule has 33 heavy (non-hydrogen) atoms. The maximum atomic E-state index is 13.7. The van der Waals surface area contributed by atoms with Crippen LogP contribution in [0.15, 0.2) is 35.1 Å². The van der Waals surface area contributed by atoms with Crippen LogP contribution in [0.4, 0.5) is 0 Å². The number of aliphatic hydroxyl groups excluding tert-OH is 3. The molecule has 1 aromatic carbocycles. The lowest BCUT2D eigenvalue weighted by atomic mass is 9.53. The highest BCUT2D eigenvalue weighted by Crippen LogP contribution is 2.57. The minimum atomic E-state index is -3.02. The van der Waals surface area contributed by atoms with Crippen molar-refractivity contribution in [2.24, 2.45) is 17.6 Å². The van der Waals surface area contributed by atoms with Gasteiger partial charge in [-0.1, -0.05) is 12.1 Å². The normalized spacial score (nSPS) is 36.0. The van der Waals surface area contributed by atoms with Crippen molar-refractivity contribution < 1.29 is 45.0 Å². The lowest BCUT2D eigenvalue weighted by Gasteiger charge is -2.55. The maximum absolute atomic E-state index is 13.7. The third kappa shape index (κ3) is 2.61. The Balaban J connectivity index is 2.11. The predicted octanol–water partition coefficient (Wildman–Crippen LogP) is -1.40. The molecule has 8 N–H and O–H groups in total. The van der Waals surface area contributed by atoms with Gasteiger partial charge in [0, 0.05) is 0 Å². The number of nitrogens with two attached hydrogens (primary N) is 1. The number of hydrogen-bond donors (Lipinski definition) is 7. The number of likely N-dealkylation sites (N-methyl/N-ethyl adjacent to an activating group) is 1. The quantitative estimate of drug-likeness (QED) is 0.257. The summed E-state index contributed by atoms with van der Waals surface area (Å²) in [7, 11) is 2.80. The van der Waals surface area contributed by atoms with E-state index in [1.807, 2.05) is 0 Å². The molecular weight excluding hydrogens is 436 g/mol. The first kappa shape index (κ1) is 22.9. The van der Waals surface area contributed by atoms with Crippen LogP contribution in [0.2, 0.25) is 0 Å². The highest BCUT2D eigenvalue weighted by atomic mass is 16.4. The number of amides is 1. The van der Waals surface area contributed by atoms with Gasteiger partial charge < -0.3 is 36.4 Å². The molecule has 3 aliphatic rings. The number of carbonyl (C=O) groups is 3. The fourth-order valence-electron chi connectivity index (χ4n) is 5.60. The van der Waals surface area contributed by atoms with Crippen LogP contribution in [0.1, 0.15) is 18.1 Å². The average Bonchev–Trinajstić information content (AvgIpc) is 2.70. The lowest BCUT2D eigenvalue weighted by molar-refractivity contribution is -0.181. The second-order valence-electron chi connectivity index (χ2n) is 9.06. The summed E-state index contributed by atoms with van der Waals surface area (Å²) in [5, 5.41) is 66.3. The van der Waals surface area contributed by atoms with Crippen molar-refractivity contribution in [1.29, 1.82) is 0 Å². The SMILES string of the molecule is CN(C)[C@@H]1C(=O)C(C(N)=O)=C(O)[C@]2(O)C(=O)C3=C(O)c4c(O)cccc4[C@@](C)(O)[C@H]3[C@H](O)[C@@H]12. The molecule has 0 radical (unpaired) electrons. The fourth-order valence-corrected chi connectivity index (χ4v) is 5.60. The molecule has 1 amide bonds. The number of aliphatic hydroxyl groups is 5. The van der Waals surface area contributed by atoms with E-state index in [0.29, 0.717) is 0 Å². The molecule has 4 rings (SSSR count). The number of Topliss-reactive ketones (excluding diaryl/α,β-unsaturated/α-hetero) is 2.